The number of ether oxygens (including phenoxy) is 3. The van der Waals surface area contributed by atoms with Crippen LogP contribution in [0.25, 0.3) is 0 Å². The van der Waals surface area contributed by atoms with Gasteiger partial charge in [-0.15, -0.1) is 0 Å². The highest BCUT2D eigenvalue weighted by molar-refractivity contribution is 5.06. The van der Waals surface area contributed by atoms with Crippen LogP contribution in [0, 0.1) is 11.8 Å². The largest absolute Gasteiger partial charge is 0.369 e. The van der Waals surface area contributed by atoms with Gasteiger partial charge in [0.1, 0.15) is 0 Å². The highest BCUT2D eigenvalue weighted by Gasteiger charge is 2.58. The van der Waals surface area contributed by atoms with Gasteiger partial charge >= 0.3 is 0 Å². The molecule has 3 heterocycles. The van der Waals surface area contributed by atoms with Crippen molar-refractivity contribution in [2.24, 2.45) is 11.8 Å². The van der Waals surface area contributed by atoms with Gasteiger partial charge in [-0.3, -0.25) is 0 Å². The second kappa shape index (κ2) is 17.3. The van der Waals surface area contributed by atoms with Crippen LogP contribution >= 0.6 is 0 Å². The number of fused-ring (bicyclic) bond motifs is 1. The van der Waals surface area contributed by atoms with E-state index >= 15 is 0 Å². The van der Waals surface area contributed by atoms with E-state index in [4.69, 9.17) is 33.8 Å². The summed E-state index contributed by atoms with van der Waals surface area (Å²) >= 11 is 0. The van der Waals surface area contributed by atoms with Gasteiger partial charge in [0.05, 0.1) is 62.5 Å². The molecule has 7 nitrogen and oxygen atoms in total. The van der Waals surface area contributed by atoms with E-state index in [2.05, 4.69) is 45.1 Å². The zero-order valence-corrected chi connectivity index (χ0v) is 25.4. The van der Waals surface area contributed by atoms with Crippen molar-refractivity contribution in [2.45, 2.75) is 147 Å². The summed E-state index contributed by atoms with van der Waals surface area (Å²) in [7, 11) is 0. The summed E-state index contributed by atoms with van der Waals surface area (Å²) in [6.07, 6.45) is 26.7. The summed E-state index contributed by atoms with van der Waals surface area (Å²) < 4.78 is 17.4. The van der Waals surface area contributed by atoms with Gasteiger partial charge in [-0.05, 0) is 83.0 Å². The molecule has 8 atom stereocenters. The molecule has 4 aliphatic rings. The molecule has 1 aliphatic carbocycles. The van der Waals surface area contributed by atoms with Crippen molar-refractivity contribution in [3.63, 3.8) is 0 Å². The lowest BCUT2D eigenvalue weighted by Gasteiger charge is -2.31. The normalized spacial score (nSPS) is 34.5. The van der Waals surface area contributed by atoms with Crippen molar-refractivity contribution >= 4 is 0 Å². The maximum absolute atomic E-state index is 5.96. The molecule has 1 saturated carbocycles. The van der Waals surface area contributed by atoms with Gasteiger partial charge in [0, 0.05) is 0 Å². The Bertz CT molecular complexity index is 757. The number of allylic oxidation sites excluding steroid dienone is 2. The third-order valence-electron chi connectivity index (χ3n) is 8.94. The molecule has 8 unspecified atom stereocenters. The number of rotatable bonds is 24. The Balaban J connectivity index is 0.976. The van der Waals surface area contributed by atoms with E-state index in [1.54, 1.807) is 0 Å². The topological polar surface area (TPSA) is 74.5 Å². The predicted octanol–water partition coefficient (Wildman–Crippen LogP) is 7.43. The van der Waals surface area contributed by atoms with Crippen molar-refractivity contribution in [3.8, 4) is 0 Å². The van der Waals surface area contributed by atoms with E-state index in [0.717, 1.165) is 51.4 Å². The van der Waals surface area contributed by atoms with Crippen LogP contribution in [0.3, 0.4) is 0 Å². The molecule has 0 aromatic heterocycles. The Morgan fingerprint density at radius 1 is 0.675 bits per heavy atom. The first-order valence-electron chi connectivity index (χ1n) is 16.4. The van der Waals surface area contributed by atoms with Crippen molar-refractivity contribution in [1.82, 2.24) is 0 Å². The van der Waals surface area contributed by atoms with Gasteiger partial charge in [0.2, 0.25) is 0 Å². The van der Waals surface area contributed by atoms with E-state index < -0.39 is 0 Å². The first-order chi connectivity index (χ1) is 19.6. The second-order valence-electron chi connectivity index (χ2n) is 12.5. The molecule has 40 heavy (non-hydrogen) atoms. The number of unbranched alkanes of at least 4 members (excludes halogenated alkanes) is 4. The smallest absolute Gasteiger partial charge is 0.0924 e. The summed E-state index contributed by atoms with van der Waals surface area (Å²) in [6, 6.07) is 0. The van der Waals surface area contributed by atoms with Gasteiger partial charge in [0.15, 0.2) is 0 Å². The Labute approximate surface area is 243 Å². The van der Waals surface area contributed by atoms with E-state index in [0.29, 0.717) is 68.8 Å². The Morgan fingerprint density at radius 3 is 1.77 bits per heavy atom. The fourth-order valence-electron chi connectivity index (χ4n) is 6.02. The second-order valence-corrected chi connectivity index (χ2v) is 12.5. The molecular formula is C33H56O7. The van der Waals surface area contributed by atoms with Crippen LogP contribution in [0.15, 0.2) is 24.3 Å². The van der Waals surface area contributed by atoms with Gasteiger partial charge in [-0.25, -0.2) is 19.6 Å². The monoisotopic (exact) mass is 564 g/mol. The molecule has 0 amide bonds. The average molecular weight is 565 g/mol. The van der Waals surface area contributed by atoms with E-state index in [1.165, 1.54) is 38.5 Å². The van der Waals surface area contributed by atoms with Crippen LogP contribution in [-0.2, 0) is 33.8 Å². The van der Waals surface area contributed by atoms with Crippen LogP contribution < -0.4 is 0 Å². The van der Waals surface area contributed by atoms with Crippen molar-refractivity contribution in [2.75, 3.05) is 26.4 Å². The van der Waals surface area contributed by atoms with Crippen molar-refractivity contribution < 1.29 is 33.8 Å². The lowest BCUT2D eigenvalue weighted by molar-refractivity contribution is -0.319. The number of hydrogen-bond donors (Lipinski definition) is 0. The Hall–Kier alpha value is -0.800. The molecule has 3 saturated heterocycles. The highest BCUT2D eigenvalue weighted by Crippen LogP contribution is 2.51. The molecule has 0 aromatic carbocycles. The first kappa shape index (κ1) is 32.1. The molecule has 7 heteroatoms. The third-order valence-corrected chi connectivity index (χ3v) is 8.94. The molecule has 0 bridgehead atoms. The lowest BCUT2D eigenvalue weighted by atomic mass is 9.75. The predicted molar refractivity (Wildman–Crippen MR) is 156 cm³/mol. The van der Waals surface area contributed by atoms with Crippen molar-refractivity contribution in [1.29, 1.82) is 0 Å². The van der Waals surface area contributed by atoms with Gasteiger partial charge in [0.25, 0.3) is 0 Å². The number of epoxide rings is 3. The molecular weight excluding hydrogens is 508 g/mol. The van der Waals surface area contributed by atoms with Gasteiger partial charge in [-0.1, -0.05) is 63.8 Å². The Kier molecular flexibility index (Phi) is 13.9. The zero-order chi connectivity index (χ0) is 28.0. The van der Waals surface area contributed by atoms with Crippen LogP contribution in [0.2, 0.25) is 0 Å². The summed E-state index contributed by atoms with van der Waals surface area (Å²) in [5.41, 5.74) is 0.00482. The fourth-order valence-corrected chi connectivity index (χ4v) is 6.02. The third kappa shape index (κ3) is 11.5. The van der Waals surface area contributed by atoms with Crippen LogP contribution in [0.4, 0.5) is 0 Å². The minimum Gasteiger partial charge on any atom is -0.369 e. The molecule has 0 aromatic rings. The highest BCUT2D eigenvalue weighted by atomic mass is 17.2. The van der Waals surface area contributed by atoms with Gasteiger partial charge < -0.3 is 14.2 Å². The molecule has 0 radical (unpaired) electrons. The Morgan fingerprint density at radius 2 is 1.23 bits per heavy atom. The summed E-state index contributed by atoms with van der Waals surface area (Å²) in [5, 5.41) is 0. The van der Waals surface area contributed by atoms with Crippen LogP contribution in [0.1, 0.15) is 111 Å². The van der Waals surface area contributed by atoms with Crippen LogP contribution in [-0.4, -0.2) is 62.5 Å². The summed E-state index contributed by atoms with van der Waals surface area (Å²) in [6.45, 7) is 9.04. The molecule has 230 valence electrons. The van der Waals surface area contributed by atoms with Gasteiger partial charge in [-0.2, -0.15) is 0 Å². The maximum atomic E-state index is 5.96. The molecule has 3 aliphatic heterocycles. The fraction of sp³-hybridized carbons (Fsp3) is 0.879. The first-order valence-corrected chi connectivity index (χ1v) is 16.4. The van der Waals surface area contributed by atoms with Crippen molar-refractivity contribution in [3.05, 3.63) is 24.3 Å². The minimum absolute atomic E-state index is 0.00482. The SMILES string of the molecule is CCCCC1OC1CC=CCCCOOCC1CC2OC2(C)CC1COOCCCC=CCC1OC1CCCC. The summed E-state index contributed by atoms with van der Waals surface area (Å²) in [5.74, 6) is 0.706. The number of hydrogen-bond acceptors (Lipinski definition) is 7. The lowest BCUT2D eigenvalue weighted by Crippen LogP contribution is -2.35. The molecule has 4 rings (SSSR count). The molecule has 0 spiro atoms. The summed E-state index contributed by atoms with van der Waals surface area (Å²) in [4.78, 5) is 22.3. The standard InChI is InChI=1S/C33H56O7/c1-4-6-16-28-30(38-28)18-12-8-10-14-20-34-36-24-26-22-32-33(3,40-32)23-27(26)25-37-35-21-15-11-9-13-19-31-29(39-31)17-7-5-2/h8-9,12-13,26-32H,4-7,10-11,14-25H2,1-3H3. The average Bonchev–Trinajstić information content (AvgIpc) is 3.88. The van der Waals surface area contributed by atoms with Crippen LogP contribution in [0.5, 0.6) is 0 Å². The minimum atomic E-state index is 0.00482. The van der Waals surface area contributed by atoms with E-state index in [9.17, 15) is 0 Å². The van der Waals surface area contributed by atoms with E-state index in [1.807, 2.05) is 0 Å². The van der Waals surface area contributed by atoms with E-state index in [-0.39, 0.29) is 5.60 Å². The molecule has 4 fully saturated rings. The quantitative estimate of drug-likeness (QED) is 0.0397. The maximum Gasteiger partial charge on any atom is 0.0924 e. The zero-order valence-electron chi connectivity index (χ0n) is 25.4. The molecule has 0 N–H and O–H groups in total.